The van der Waals surface area contributed by atoms with Gasteiger partial charge in [0.05, 0.1) is 10.5 Å². The summed E-state index contributed by atoms with van der Waals surface area (Å²) in [4.78, 5) is 46.4. The highest BCUT2D eigenvalue weighted by Crippen LogP contribution is 2.27. The normalized spacial score (nSPS) is 10.0. The highest BCUT2D eigenvalue weighted by molar-refractivity contribution is 9.10. The van der Waals surface area contributed by atoms with Crippen LogP contribution in [-0.4, -0.2) is 31.7 Å². The first-order chi connectivity index (χ1) is 14.5. The van der Waals surface area contributed by atoms with Crippen molar-refractivity contribution in [2.45, 2.75) is 0 Å². The Morgan fingerprint density at radius 3 is 2.07 bits per heavy atom. The molecule has 2 heterocycles. The van der Waals surface area contributed by atoms with Crippen LogP contribution in [0.3, 0.4) is 0 Å². The highest BCUT2D eigenvalue weighted by Gasteiger charge is 2.24. The van der Waals surface area contributed by atoms with E-state index in [0.29, 0.717) is 5.56 Å². The lowest BCUT2D eigenvalue weighted by Crippen LogP contribution is -2.32. The van der Waals surface area contributed by atoms with Gasteiger partial charge in [0.25, 0.3) is 11.8 Å². The van der Waals surface area contributed by atoms with Crippen LogP contribution in [-0.2, 0) is 0 Å². The molecule has 0 aliphatic carbocycles. The van der Waals surface area contributed by atoms with Gasteiger partial charge in [-0.05, 0) is 36.4 Å². The molecule has 1 aromatic carbocycles. The second-order valence-electron chi connectivity index (χ2n) is 5.58. The van der Waals surface area contributed by atoms with Gasteiger partial charge in [-0.25, -0.2) is 9.97 Å². The number of nitro groups is 1. The summed E-state index contributed by atoms with van der Waals surface area (Å²) in [7, 11) is 0. The number of rotatable bonds is 7. The maximum atomic E-state index is 12.2. The first-order valence-electron chi connectivity index (χ1n) is 8.23. The molecule has 2 aromatic heterocycles. The number of amides is 2. The second-order valence-corrected chi connectivity index (χ2v) is 6.50. The zero-order valence-electron chi connectivity index (χ0n) is 15.0. The standard InChI is InChI=1S/C17H13BrN8O4/c18-12-5-3-10(4-6-12)16(27)24-22-14-13(26(29)30)15(21-9-20-14)23-25-17(28)11-2-1-7-19-8-11/h1-9H,(H,24,27)(H,25,28)(H2,20,21,22,23). The SMILES string of the molecule is O=C(NNc1ncnc(NNC(=O)c2cccnc2)c1[N+](=O)[O-])c1ccc(Br)cc1. The van der Waals surface area contributed by atoms with E-state index in [4.69, 9.17) is 0 Å². The molecule has 30 heavy (non-hydrogen) atoms. The van der Waals surface area contributed by atoms with Gasteiger partial charge >= 0.3 is 5.69 Å². The quantitative estimate of drug-likeness (QED) is 0.297. The molecule has 0 spiro atoms. The minimum Gasteiger partial charge on any atom is -0.276 e. The zero-order valence-corrected chi connectivity index (χ0v) is 16.6. The van der Waals surface area contributed by atoms with Crippen molar-refractivity contribution < 1.29 is 14.5 Å². The van der Waals surface area contributed by atoms with Crippen molar-refractivity contribution >= 4 is 45.1 Å². The van der Waals surface area contributed by atoms with Gasteiger partial charge in [-0.1, -0.05) is 15.9 Å². The summed E-state index contributed by atoms with van der Waals surface area (Å²) in [6.45, 7) is 0. The number of carbonyl (C=O) groups is 2. The molecule has 0 radical (unpaired) electrons. The Bertz CT molecular complexity index is 1080. The molecule has 0 bridgehead atoms. The van der Waals surface area contributed by atoms with Gasteiger partial charge in [0.2, 0.25) is 11.6 Å². The van der Waals surface area contributed by atoms with Crippen molar-refractivity contribution in [2.24, 2.45) is 0 Å². The Hall–Kier alpha value is -4.13. The van der Waals surface area contributed by atoms with E-state index in [1.54, 1.807) is 30.3 Å². The number of anilines is 2. The largest absolute Gasteiger partial charge is 0.356 e. The lowest BCUT2D eigenvalue weighted by Gasteiger charge is -2.11. The lowest BCUT2D eigenvalue weighted by molar-refractivity contribution is -0.383. The first-order valence-corrected chi connectivity index (χ1v) is 9.02. The van der Waals surface area contributed by atoms with Crippen LogP contribution >= 0.6 is 15.9 Å². The number of nitrogens with zero attached hydrogens (tertiary/aromatic N) is 4. The second kappa shape index (κ2) is 9.38. The third kappa shape index (κ3) is 5.02. The smallest absolute Gasteiger partial charge is 0.276 e. The van der Waals surface area contributed by atoms with E-state index >= 15 is 0 Å². The number of carbonyl (C=O) groups excluding carboxylic acids is 2. The fourth-order valence-corrected chi connectivity index (χ4v) is 2.47. The average Bonchev–Trinajstić information content (AvgIpc) is 2.76. The summed E-state index contributed by atoms with van der Waals surface area (Å²) >= 11 is 3.26. The number of halogens is 1. The molecule has 3 rings (SSSR count). The number of benzene rings is 1. The maximum Gasteiger partial charge on any atom is 0.356 e. The van der Waals surface area contributed by atoms with Crippen LogP contribution < -0.4 is 21.7 Å². The Morgan fingerprint density at radius 1 is 0.933 bits per heavy atom. The van der Waals surface area contributed by atoms with Gasteiger partial charge in [-0.2, -0.15) is 0 Å². The van der Waals surface area contributed by atoms with Crippen LogP contribution in [0.2, 0.25) is 0 Å². The minimum atomic E-state index is -0.757. The van der Waals surface area contributed by atoms with Crippen molar-refractivity contribution in [3.63, 3.8) is 0 Å². The van der Waals surface area contributed by atoms with Crippen molar-refractivity contribution in [1.82, 2.24) is 25.8 Å². The van der Waals surface area contributed by atoms with Crippen LogP contribution in [0.15, 0.2) is 59.6 Å². The molecule has 0 aliphatic rings. The topological polar surface area (TPSA) is 164 Å². The Labute approximate surface area is 177 Å². The molecular weight excluding hydrogens is 460 g/mol. The Balaban J connectivity index is 1.72. The number of hydrazine groups is 2. The van der Waals surface area contributed by atoms with Crippen LogP contribution in [0.1, 0.15) is 20.7 Å². The van der Waals surface area contributed by atoms with E-state index in [0.717, 1.165) is 10.8 Å². The maximum absolute atomic E-state index is 12.2. The number of hydrogen-bond acceptors (Lipinski definition) is 9. The summed E-state index contributed by atoms with van der Waals surface area (Å²) in [6, 6.07) is 9.57. The molecule has 2 amide bonds. The molecule has 0 fully saturated rings. The summed E-state index contributed by atoms with van der Waals surface area (Å²) in [6.07, 6.45) is 3.86. The fraction of sp³-hybridized carbons (Fsp3) is 0. The Morgan fingerprint density at radius 2 is 1.53 bits per heavy atom. The summed E-state index contributed by atoms with van der Waals surface area (Å²) in [5.74, 6) is -1.67. The van der Waals surface area contributed by atoms with Crippen LogP contribution in [0.4, 0.5) is 17.3 Å². The minimum absolute atomic E-state index is 0.238. The van der Waals surface area contributed by atoms with Gasteiger partial charge in [0, 0.05) is 22.4 Å². The molecule has 0 atom stereocenters. The summed E-state index contributed by atoms with van der Waals surface area (Å²) in [5.41, 5.74) is 9.38. The average molecular weight is 473 g/mol. The number of hydrogen-bond donors (Lipinski definition) is 4. The van der Waals surface area contributed by atoms with E-state index < -0.39 is 22.4 Å². The van der Waals surface area contributed by atoms with E-state index in [9.17, 15) is 19.7 Å². The predicted molar refractivity (Wildman–Crippen MR) is 109 cm³/mol. The first kappa shape index (κ1) is 20.6. The summed E-state index contributed by atoms with van der Waals surface area (Å²) < 4.78 is 0.794. The number of nitrogens with one attached hydrogen (secondary N) is 4. The van der Waals surface area contributed by atoms with Crippen LogP contribution in [0.25, 0.3) is 0 Å². The molecule has 13 heteroatoms. The van der Waals surface area contributed by atoms with E-state index in [2.05, 4.69) is 52.6 Å². The van der Waals surface area contributed by atoms with E-state index in [1.807, 2.05) is 0 Å². The third-order valence-electron chi connectivity index (χ3n) is 3.62. The molecule has 12 nitrogen and oxygen atoms in total. The molecule has 152 valence electrons. The van der Waals surface area contributed by atoms with Crippen molar-refractivity contribution in [3.05, 3.63) is 80.8 Å². The zero-order chi connectivity index (χ0) is 21.5. The van der Waals surface area contributed by atoms with Gasteiger partial charge in [0.15, 0.2) is 0 Å². The molecule has 3 aromatic rings. The molecule has 0 saturated heterocycles. The fourth-order valence-electron chi connectivity index (χ4n) is 2.21. The Kier molecular flexibility index (Phi) is 6.44. The monoisotopic (exact) mass is 472 g/mol. The molecule has 0 aliphatic heterocycles. The molecule has 0 unspecified atom stereocenters. The van der Waals surface area contributed by atoms with E-state index in [-0.39, 0.29) is 17.2 Å². The molecule has 4 N–H and O–H groups in total. The molecular formula is C17H13BrN8O4. The lowest BCUT2D eigenvalue weighted by atomic mass is 10.2. The third-order valence-corrected chi connectivity index (χ3v) is 4.15. The predicted octanol–water partition coefficient (Wildman–Crippen LogP) is 2.06. The number of pyridine rings is 1. The van der Waals surface area contributed by atoms with Gasteiger partial charge < -0.3 is 0 Å². The van der Waals surface area contributed by atoms with Gasteiger partial charge in [0.1, 0.15) is 6.33 Å². The van der Waals surface area contributed by atoms with Gasteiger partial charge in [-0.15, -0.1) is 0 Å². The van der Waals surface area contributed by atoms with Crippen LogP contribution in [0, 0.1) is 10.1 Å². The van der Waals surface area contributed by atoms with Crippen molar-refractivity contribution in [3.8, 4) is 0 Å². The summed E-state index contributed by atoms with van der Waals surface area (Å²) in [5, 5.41) is 11.5. The van der Waals surface area contributed by atoms with Gasteiger partial charge in [-0.3, -0.25) is 46.4 Å². The van der Waals surface area contributed by atoms with Crippen molar-refractivity contribution in [2.75, 3.05) is 10.9 Å². The van der Waals surface area contributed by atoms with Crippen LogP contribution in [0.5, 0.6) is 0 Å². The highest BCUT2D eigenvalue weighted by atomic mass is 79.9. The number of aromatic nitrogens is 3. The van der Waals surface area contributed by atoms with Crippen molar-refractivity contribution in [1.29, 1.82) is 0 Å². The van der Waals surface area contributed by atoms with E-state index in [1.165, 1.54) is 18.5 Å². The molecule has 0 saturated carbocycles.